The van der Waals surface area contributed by atoms with Gasteiger partial charge in [0.1, 0.15) is 10.8 Å². The first-order chi connectivity index (χ1) is 12.5. The Morgan fingerprint density at radius 2 is 2.15 bits per heavy atom. The summed E-state index contributed by atoms with van der Waals surface area (Å²) in [5.74, 6) is 0.711. The van der Waals surface area contributed by atoms with Crippen LogP contribution in [0.1, 0.15) is 10.6 Å². The number of nitrogens with one attached hydrogen (secondary N) is 1. The summed E-state index contributed by atoms with van der Waals surface area (Å²) in [6, 6.07) is 11.0. The number of fused-ring (bicyclic) bond motifs is 1. The van der Waals surface area contributed by atoms with E-state index in [1.807, 2.05) is 36.4 Å². The van der Waals surface area contributed by atoms with Crippen LogP contribution in [0, 0.1) is 0 Å². The predicted octanol–water partition coefficient (Wildman–Crippen LogP) is 5.30. The molecule has 0 saturated carbocycles. The SMILES string of the molecule is COCOc1ccc(C=Cc2nc3cc(NC(=O)O)ccc3s2)cc1Br. The molecule has 0 radical (unpaired) electrons. The molecule has 8 heteroatoms. The van der Waals surface area contributed by atoms with E-state index in [-0.39, 0.29) is 6.79 Å². The maximum atomic E-state index is 10.7. The molecule has 1 heterocycles. The number of halogens is 1. The van der Waals surface area contributed by atoms with E-state index in [1.165, 1.54) is 11.3 Å². The van der Waals surface area contributed by atoms with Gasteiger partial charge in [0.15, 0.2) is 6.79 Å². The number of thiazole rings is 1. The van der Waals surface area contributed by atoms with Crippen molar-refractivity contribution in [2.75, 3.05) is 19.2 Å². The summed E-state index contributed by atoms with van der Waals surface area (Å²) in [5, 5.41) is 11.9. The molecule has 2 aromatic carbocycles. The van der Waals surface area contributed by atoms with E-state index in [2.05, 4.69) is 26.2 Å². The minimum atomic E-state index is -1.09. The van der Waals surface area contributed by atoms with Crippen LogP contribution in [0.5, 0.6) is 5.75 Å². The quantitative estimate of drug-likeness (QED) is 0.514. The highest BCUT2D eigenvalue weighted by molar-refractivity contribution is 9.10. The minimum Gasteiger partial charge on any atom is -0.466 e. The van der Waals surface area contributed by atoms with Crippen LogP contribution in [0.15, 0.2) is 40.9 Å². The Morgan fingerprint density at radius 1 is 1.31 bits per heavy atom. The number of nitrogens with zero attached hydrogens (tertiary/aromatic N) is 1. The summed E-state index contributed by atoms with van der Waals surface area (Å²) < 4.78 is 12.2. The first-order valence-corrected chi connectivity index (χ1v) is 9.16. The Bertz CT molecular complexity index is 971. The molecule has 2 N–H and O–H groups in total. The fraction of sp³-hybridized carbons (Fsp3) is 0.111. The molecule has 3 aromatic rings. The van der Waals surface area contributed by atoms with Crippen LogP contribution in [-0.4, -0.2) is 30.1 Å². The van der Waals surface area contributed by atoms with E-state index in [4.69, 9.17) is 14.6 Å². The monoisotopic (exact) mass is 434 g/mol. The van der Waals surface area contributed by atoms with Crippen LogP contribution in [0.3, 0.4) is 0 Å². The minimum absolute atomic E-state index is 0.193. The van der Waals surface area contributed by atoms with Crippen LogP contribution in [0.25, 0.3) is 22.4 Å². The lowest BCUT2D eigenvalue weighted by molar-refractivity contribution is 0.0506. The number of benzene rings is 2. The van der Waals surface area contributed by atoms with Crippen molar-refractivity contribution in [1.29, 1.82) is 0 Å². The maximum absolute atomic E-state index is 10.7. The van der Waals surface area contributed by atoms with Crippen LogP contribution in [0.2, 0.25) is 0 Å². The molecule has 0 atom stereocenters. The van der Waals surface area contributed by atoms with Gasteiger partial charge in [-0.2, -0.15) is 0 Å². The molecule has 134 valence electrons. The second-order valence-electron chi connectivity index (χ2n) is 5.24. The van der Waals surface area contributed by atoms with Gasteiger partial charge in [-0.3, -0.25) is 5.32 Å². The Morgan fingerprint density at radius 3 is 2.88 bits per heavy atom. The van der Waals surface area contributed by atoms with Crippen LogP contribution in [0.4, 0.5) is 10.5 Å². The topological polar surface area (TPSA) is 80.7 Å². The molecule has 1 amide bonds. The standard InChI is InChI=1S/C18H15BrN2O4S/c1-24-10-25-15-5-2-11(8-13(15)19)3-7-17-21-14-9-12(20-18(22)23)4-6-16(14)26-17/h2-9,20H,10H2,1H3,(H,22,23). The maximum Gasteiger partial charge on any atom is 0.409 e. The average Bonchev–Trinajstić information content (AvgIpc) is 3.01. The fourth-order valence-electron chi connectivity index (χ4n) is 2.25. The predicted molar refractivity (Wildman–Crippen MR) is 107 cm³/mol. The smallest absolute Gasteiger partial charge is 0.409 e. The summed E-state index contributed by atoms with van der Waals surface area (Å²) in [6.45, 7) is 0.193. The lowest BCUT2D eigenvalue weighted by Crippen LogP contribution is -2.06. The van der Waals surface area contributed by atoms with Crippen molar-refractivity contribution in [3.8, 4) is 5.75 Å². The van der Waals surface area contributed by atoms with Crippen LogP contribution < -0.4 is 10.1 Å². The van der Waals surface area contributed by atoms with Gasteiger partial charge in [0.25, 0.3) is 0 Å². The molecule has 3 rings (SSSR count). The molecule has 6 nitrogen and oxygen atoms in total. The Labute approximate surface area is 162 Å². The second kappa shape index (κ2) is 8.31. The number of rotatable bonds is 6. The van der Waals surface area contributed by atoms with Crippen molar-refractivity contribution in [3.05, 3.63) is 51.4 Å². The average molecular weight is 435 g/mol. The number of carboxylic acid groups (broad SMARTS) is 1. The summed E-state index contributed by atoms with van der Waals surface area (Å²) >= 11 is 5.01. The third-order valence-corrected chi connectivity index (χ3v) is 4.98. The Kier molecular flexibility index (Phi) is 5.87. The van der Waals surface area contributed by atoms with Gasteiger partial charge >= 0.3 is 6.09 Å². The van der Waals surface area contributed by atoms with Gasteiger partial charge in [-0.1, -0.05) is 12.1 Å². The third-order valence-electron chi connectivity index (χ3n) is 3.36. The molecule has 0 aliphatic rings. The van der Waals surface area contributed by atoms with Gasteiger partial charge in [0, 0.05) is 12.8 Å². The van der Waals surface area contributed by atoms with E-state index in [1.54, 1.807) is 19.2 Å². The molecule has 0 bridgehead atoms. The molecule has 1 aromatic heterocycles. The third kappa shape index (κ3) is 4.60. The molecule has 0 aliphatic carbocycles. The normalized spacial score (nSPS) is 11.2. The molecular formula is C18H15BrN2O4S. The summed E-state index contributed by atoms with van der Waals surface area (Å²) in [4.78, 5) is 15.2. The van der Waals surface area contributed by atoms with E-state index < -0.39 is 6.09 Å². The zero-order valence-electron chi connectivity index (χ0n) is 13.7. The van der Waals surface area contributed by atoms with Gasteiger partial charge in [-0.05, 0) is 57.9 Å². The van der Waals surface area contributed by atoms with E-state index in [0.29, 0.717) is 11.4 Å². The number of carbonyl (C=O) groups is 1. The van der Waals surface area contributed by atoms with Gasteiger partial charge in [0.2, 0.25) is 0 Å². The number of ether oxygens (including phenoxy) is 2. The molecule has 0 saturated heterocycles. The lowest BCUT2D eigenvalue weighted by atomic mass is 10.2. The second-order valence-corrected chi connectivity index (χ2v) is 7.16. The Balaban J connectivity index is 1.77. The van der Waals surface area contributed by atoms with Crippen LogP contribution in [-0.2, 0) is 4.74 Å². The zero-order valence-corrected chi connectivity index (χ0v) is 16.1. The molecule has 0 aliphatic heterocycles. The molecule has 0 spiro atoms. The number of anilines is 1. The number of methoxy groups -OCH3 is 1. The largest absolute Gasteiger partial charge is 0.466 e. The summed E-state index contributed by atoms with van der Waals surface area (Å²) in [7, 11) is 1.57. The highest BCUT2D eigenvalue weighted by atomic mass is 79.9. The summed E-state index contributed by atoms with van der Waals surface area (Å²) in [6.07, 6.45) is 2.79. The van der Waals surface area contributed by atoms with E-state index >= 15 is 0 Å². The van der Waals surface area contributed by atoms with Crippen molar-refractivity contribution in [3.63, 3.8) is 0 Å². The number of hydrogen-bond donors (Lipinski definition) is 2. The first-order valence-electron chi connectivity index (χ1n) is 7.55. The van der Waals surface area contributed by atoms with E-state index in [0.717, 1.165) is 25.3 Å². The van der Waals surface area contributed by atoms with E-state index in [9.17, 15) is 4.79 Å². The lowest BCUT2D eigenvalue weighted by Gasteiger charge is -2.07. The van der Waals surface area contributed by atoms with Gasteiger partial charge in [-0.25, -0.2) is 9.78 Å². The molecule has 0 unspecified atom stereocenters. The number of aromatic nitrogens is 1. The van der Waals surface area contributed by atoms with Gasteiger partial charge < -0.3 is 14.6 Å². The molecule has 0 fully saturated rings. The zero-order chi connectivity index (χ0) is 18.5. The summed E-state index contributed by atoms with van der Waals surface area (Å²) in [5.41, 5.74) is 2.25. The highest BCUT2D eigenvalue weighted by Crippen LogP contribution is 2.28. The fourth-order valence-corrected chi connectivity index (χ4v) is 3.61. The van der Waals surface area contributed by atoms with Crippen molar-refractivity contribution in [1.82, 2.24) is 4.98 Å². The van der Waals surface area contributed by atoms with Crippen molar-refractivity contribution >= 4 is 61.4 Å². The van der Waals surface area contributed by atoms with Gasteiger partial charge in [0.05, 0.1) is 14.7 Å². The van der Waals surface area contributed by atoms with Crippen LogP contribution >= 0.6 is 27.3 Å². The number of hydrogen-bond acceptors (Lipinski definition) is 5. The van der Waals surface area contributed by atoms with Crippen molar-refractivity contribution in [2.24, 2.45) is 0 Å². The highest BCUT2D eigenvalue weighted by Gasteiger charge is 2.05. The number of amides is 1. The molecule has 26 heavy (non-hydrogen) atoms. The first kappa shape index (κ1) is 18.4. The molecular weight excluding hydrogens is 420 g/mol. The van der Waals surface area contributed by atoms with Gasteiger partial charge in [-0.15, -0.1) is 11.3 Å². The Hall–Kier alpha value is -2.42. The van der Waals surface area contributed by atoms with Crippen molar-refractivity contribution < 1.29 is 19.4 Å². The van der Waals surface area contributed by atoms with Crippen molar-refractivity contribution in [2.45, 2.75) is 0 Å².